The normalized spacial score (nSPS) is 48.4. The zero-order valence-electron chi connectivity index (χ0n) is 8.73. The molecule has 5 atom stereocenters. The van der Waals surface area contributed by atoms with Crippen molar-refractivity contribution in [3.8, 4) is 0 Å². The quantitative estimate of drug-likeness (QED) is 0.636. The van der Waals surface area contributed by atoms with Crippen LogP contribution in [0.2, 0.25) is 0 Å². The van der Waals surface area contributed by atoms with Crippen LogP contribution in [0.25, 0.3) is 0 Å². The minimum Gasteiger partial charge on any atom is -0.379 e. The SMILES string of the molecule is [B][C@@H]1O[C@@]2(C(C)OC)CSC1[C@H]2OC. The maximum absolute atomic E-state index is 5.88. The molecule has 2 bridgehead atoms. The molecule has 2 fully saturated rings. The van der Waals surface area contributed by atoms with Gasteiger partial charge in [-0.3, -0.25) is 0 Å². The number of hydrogen-bond acceptors (Lipinski definition) is 4. The first kappa shape index (κ1) is 10.8. The molecule has 0 aromatic heterocycles. The Morgan fingerprint density at radius 2 is 2.29 bits per heavy atom. The van der Waals surface area contributed by atoms with E-state index >= 15 is 0 Å². The first-order valence-corrected chi connectivity index (χ1v) is 5.81. The molecule has 2 heterocycles. The minimum absolute atomic E-state index is 0.0125. The van der Waals surface area contributed by atoms with Gasteiger partial charge in [-0.1, -0.05) is 0 Å². The van der Waals surface area contributed by atoms with Crippen LogP contribution >= 0.6 is 11.8 Å². The van der Waals surface area contributed by atoms with Gasteiger partial charge >= 0.3 is 0 Å². The van der Waals surface area contributed by atoms with Crippen molar-refractivity contribution in [2.75, 3.05) is 20.0 Å². The van der Waals surface area contributed by atoms with Gasteiger partial charge in [0, 0.05) is 26.0 Å². The van der Waals surface area contributed by atoms with E-state index in [4.69, 9.17) is 22.1 Å². The molecule has 2 radical (unpaired) electrons. The molecule has 2 rings (SSSR count). The molecule has 0 aliphatic carbocycles. The Labute approximate surface area is 90.3 Å². The Hall–Kier alpha value is 0.295. The first-order valence-electron chi connectivity index (χ1n) is 4.76. The zero-order valence-corrected chi connectivity index (χ0v) is 9.54. The van der Waals surface area contributed by atoms with Crippen LogP contribution < -0.4 is 0 Å². The van der Waals surface area contributed by atoms with Crippen molar-refractivity contribution in [2.24, 2.45) is 0 Å². The minimum atomic E-state index is -0.349. The highest BCUT2D eigenvalue weighted by atomic mass is 32.2. The Balaban J connectivity index is 2.24. The lowest BCUT2D eigenvalue weighted by atomic mass is 9.90. The molecular formula is C9H15BO3S. The Morgan fingerprint density at radius 1 is 1.57 bits per heavy atom. The summed E-state index contributed by atoms with van der Waals surface area (Å²) in [4.78, 5) is 0. The van der Waals surface area contributed by atoms with Gasteiger partial charge in [-0.25, -0.2) is 0 Å². The predicted molar refractivity (Wildman–Crippen MR) is 56.9 cm³/mol. The Bertz CT molecular complexity index is 228. The topological polar surface area (TPSA) is 27.7 Å². The summed E-state index contributed by atoms with van der Waals surface area (Å²) in [6, 6.07) is -0.226. The van der Waals surface area contributed by atoms with Crippen LogP contribution in [-0.2, 0) is 14.2 Å². The number of hydrogen-bond donors (Lipinski definition) is 0. The summed E-state index contributed by atoms with van der Waals surface area (Å²) < 4.78 is 16.7. The molecule has 78 valence electrons. The molecule has 2 saturated heterocycles. The standard InChI is InChI=1S/C9H15BO3S/c1-5(11-2)9-4-14-6(7(9)12-3)8(10)13-9/h5-8H,4H2,1-3H3/t5?,6?,7-,8-,9-/m1/s1. The van der Waals surface area contributed by atoms with Crippen LogP contribution in [0.4, 0.5) is 0 Å². The summed E-state index contributed by atoms with van der Waals surface area (Å²) in [5.41, 5.74) is -0.349. The van der Waals surface area contributed by atoms with Gasteiger partial charge in [-0.15, -0.1) is 0 Å². The number of ether oxygens (including phenoxy) is 3. The van der Waals surface area contributed by atoms with Crippen LogP contribution in [0.5, 0.6) is 0 Å². The zero-order chi connectivity index (χ0) is 10.3. The average molecular weight is 214 g/mol. The van der Waals surface area contributed by atoms with E-state index in [0.29, 0.717) is 0 Å². The van der Waals surface area contributed by atoms with Crippen LogP contribution in [0.15, 0.2) is 0 Å². The summed E-state index contributed by atoms with van der Waals surface area (Å²) in [7, 11) is 9.29. The van der Waals surface area contributed by atoms with Gasteiger partial charge in [0.1, 0.15) is 19.6 Å². The van der Waals surface area contributed by atoms with Crippen molar-refractivity contribution in [2.45, 2.75) is 36.0 Å². The van der Waals surface area contributed by atoms with Crippen molar-refractivity contribution in [1.82, 2.24) is 0 Å². The van der Waals surface area contributed by atoms with E-state index in [1.54, 1.807) is 14.2 Å². The van der Waals surface area contributed by atoms with E-state index in [1.165, 1.54) is 0 Å². The maximum atomic E-state index is 5.88. The van der Waals surface area contributed by atoms with Gasteiger partial charge in [-0.05, 0) is 6.92 Å². The fourth-order valence-corrected chi connectivity index (χ4v) is 4.02. The van der Waals surface area contributed by atoms with Gasteiger partial charge in [0.05, 0.1) is 11.4 Å². The number of methoxy groups -OCH3 is 2. The molecule has 0 spiro atoms. The van der Waals surface area contributed by atoms with Crippen LogP contribution in [0.1, 0.15) is 6.92 Å². The number of fused-ring (bicyclic) bond motifs is 2. The van der Waals surface area contributed by atoms with Gasteiger partial charge in [0.25, 0.3) is 0 Å². The molecule has 0 amide bonds. The molecule has 5 heteroatoms. The summed E-state index contributed by atoms with van der Waals surface area (Å²) in [6.07, 6.45) is 0.0657. The number of rotatable bonds is 3. The summed E-state index contributed by atoms with van der Waals surface area (Å²) in [6.45, 7) is 2.01. The van der Waals surface area contributed by atoms with E-state index in [1.807, 2.05) is 18.7 Å². The van der Waals surface area contributed by atoms with E-state index in [-0.39, 0.29) is 29.1 Å². The van der Waals surface area contributed by atoms with Crippen molar-refractivity contribution in [3.05, 3.63) is 0 Å². The maximum Gasteiger partial charge on any atom is 0.129 e. The third-order valence-corrected chi connectivity index (χ3v) is 4.77. The molecule has 0 N–H and O–H groups in total. The molecule has 2 aliphatic heterocycles. The molecule has 2 aliphatic rings. The second-order valence-electron chi connectivity index (χ2n) is 3.85. The van der Waals surface area contributed by atoms with Gasteiger partial charge in [0.15, 0.2) is 0 Å². The second kappa shape index (κ2) is 3.70. The molecular weight excluding hydrogens is 199 g/mol. The van der Waals surface area contributed by atoms with Crippen LogP contribution in [0.3, 0.4) is 0 Å². The first-order chi connectivity index (χ1) is 6.65. The Morgan fingerprint density at radius 3 is 2.79 bits per heavy atom. The average Bonchev–Trinajstić information content (AvgIpc) is 2.68. The lowest BCUT2D eigenvalue weighted by Gasteiger charge is -2.35. The van der Waals surface area contributed by atoms with E-state index in [0.717, 1.165) is 5.75 Å². The molecule has 0 aromatic carbocycles. The summed E-state index contributed by atoms with van der Waals surface area (Å²) in [5, 5.41) is 0.248. The van der Waals surface area contributed by atoms with E-state index in [9.17, 15) is 0 Å². The third-order valence-electron chi connectivity index (χ3n) is 3.26. The second-order valence-corrected chi connectivity index (χ2v) is 5.01. The van der Waals surface area contributed by atoms with E-state index < -0.39 is 0 Å². The van der Waals surface area contributed by atoms with Crippen molar-refractivity contribution < 1.29 is 14.2 Å². The van der Waals surface area contributed by atoms with Gasteiger partial charge in [0.2, 0.25) is 0 Å². The molecule has 3 nitrogen and oxygen atoms in total. The number of thioether (sulfide) groups is 1. The van der Waals surface area contributed by atoms with E-state index in [2.05, 4.69) is 0 Å². The lowest BCUT2D eigenvalue weighted by molar-refractivity contribution is -0.135. The largest absolute Gasteiger partial charge is 0.379 e. The van der Waals surface area contributed by atoms with Gasteiger partial charge < -0.3 is 14.2 Å². The fraction of sp³-hybridized carbons (Fsp3) is 1.00. The fourth-order valence-electron chi connectivity index (χ4n) is 2.34. The molecule has 14 heavy (non-hydrogen) atoms. The smallest absolute Gasteiger partial charge is 0.129 e. The summed E-state index contributed by atoms with van der Waals surface area (Å²) >= 11 is 1.82. The highest BCUT2D eigenvalue weighted by molar-refractivity contribution is 8.00. The molecule has 0 saturated carbocycles. The molecule has 2 unspecified atom stereocenters. The lowest BCUT2D eigenvalue weighted by Crippen LogP contribution is -2.51. The van der Waals surface area contributed by atoms with Crippen molar-refractivity contribution >= 4 is 19.6 Å². The van der Waals surface area contributed by atoms with Crippen molar-refractivity contribution in [3.63, 3.8) is 0 Å². The van der Waals surface area contributed by atoms with Crippen LogP contribution in [0, 0.1) is 0 Å². The van der Waals surface area contributed by atoms with Gasteiger partial charge in [-0.2, -0.15) is 11.8 Å². The predicted octanol–water partition coefficient (Wildman–Crippen LogP) is 0.415. The summed E-state index contributed by atoms with van der Waals surface area (Å²) in [5.74, 6) is 0.902. The monoisotopic (exact) mass is 214 g/mol. The highest BCUT2D eigenvalue weighted by Gasteiger charge is 2.62. The van der Waals surface area contributed by atoms with Crippen molar-refractivity contribution in [1.29, 1.82) is 0 Å². The highest BCUT2D eigenvalue weighted by Crippen LogP contribution is 2.50. The molecule has 0 aromatic rings. The third kappa shape index (κ3) is 1.26. The Kier molecular flexibility index (Phi) is 2.86. The van der Waals surface area contributed by atoms with Crippen LogP contribution in [-0.4, -0.2) is 56.9 Å².